The van der Waals surface area contributed by atoms with Crippen LogP contribution < -0.4 is 5.32 Å². The largest absolute Gasteiger partial charge is 0.479 e. The Balaban J connectivity index is 2.84. The Morgan fingerprint density at radius 2 is 1.73 bits per heavy atom. The molecule has 0 aliphatic heterocycles. The van der Waals surface area contributed by atoms with Crippen LogP contribution in [0.3, 0.4) is 0 Å². The number of benzene rings is 1. The maximum atomic E-state index is 12.0. The first-order chi connectivity index (χ1) is 10.3. The van der Waals surface area contributed by atoms with Gasteiger partial charge in [0.25, 0.3) is 0 Å². The molecule has 0 aromatic heterocycles. The molecule has 1 aromatic rings. The molecule has 0 aliphatic carbocycles. The Hall–Kier alpha value is -1.93. The number of amides is 1. The fourth-order valence-corrected chi connectivity index (χ4v) is 3.39. The highest BCUT2D eigenvalue weighted by Gasteiger charge is 2.27. The van der Waals surface area contributed by atoms with Gasteiger partial charge in [0, 0.05) is 13.1 Å². The van der Waals surface area contributed by atoms with E-state index in [4.69, 9.17) is 0 Å². The van der Waals surface area contributed by atoms with Gasteiger partial charge in [0.1, 0.15) is 5.75 Å². The van der Waals surface area contributed by atoms with Gasteiger partial charge >= 0.3 is 5.97 Å². The maximum absolute atomic E-state index is 12.0. The number of hydrogen-bond donors (Lipinski definition) is 2. The SMILES string of the molecule is CCN(CC)S(=O)(=O)CC(=O)N[C@@H](C(=O)O)c1ccccc1. The molecule has 1 atom stereocenters. The quantitative estimate of drug-likeness (QED) is 0.727. The van der Waals surface area contributed by atoms with Gasteiger partial charge in [-0.3, -0.25) is 4.79 Å². The Morgan fingerprint density at radius 3 is 2.18 bits per heavy atom. The summed E-state index contributed by atoms with van der Waals surface area (Å²) in [5.74, 6) is -2.87. The fourth-order valence-electron chi connectivity index (χ4n) is 2.01. The van der Waals surface area contributed by atoms with Gasteiger partial charge in [-0.25, -0.2) is 17.5 Å². The summed E-state index contributed by atoms with van der Waals surface area (Å²) < 4.78 is 25.2. The zero-order chi connectivity index (χ0) is 16.8. The molecular weight excluding hydrogens is 308 g/mol. The van der Waals surface area contributed by atoms with Crippen LogP contribution in [0.2, 0.25) is 0 Å². The normalized spacial score (nSPS) is 12.9. The smallest absolute Gasteiger partial charge is 0.330 e. The summed E-state index contributed by atoms with van der Waals surface area (Å²) in [6.07, 6.45) is 0. The van der Waals surface area contributed by atoms with Crippen LogP contribution in [0, 0.1) is 0 Å². The van der Waals surface area contributed by atoms with E-state index >= 15 is 0 Å². The molecule has 8 heteroatoms. The Kier molecular flexibility index (Phi) is 6.51. The molecule has 0 heterocycles. The molecule has 1 rings (SSSR count). The van der Waals surface area contributed by atoms with Crippen molar-refractivity contribution in [2.75, 3.05) is 18.8 Å². The lowest BCUT2D eigenvalue weighted by atomic mass is 10.1. The summed E-state index contributed by atoms with van der Waals surface area (Å²) >= 11 is 0. The topological polar surface area (TPSA) is 104 Å². The van der Waals surface area contributed by atoms with Crippen molar-refractivity contribution in [1.29, 1.82) is 0 Å². The molecule has 0 spiro atoms. The van der Waals surface area contributed by atoms with Crippen LogP contribution in [0.5, 0.6) is 0 Å². The third kappa shape index (κ3) is 4.81. The second kappa shape index (κ2) is 7.90. The highest BCUT2D eigenvalue weighted by molar-refractivity contribution is 7.89. The summed E-state index contributed by atoms with van der Waals surface area (Å²) in [6.45, 7) is 3.85. The number of carbonyl (C=O) groups is 2. The Morgan fingerprint density at radius 1 is 1.18 bits per heavy atom. The van der Waals surface area contributed by atoms with E-state index in [1.54, 1.807) is 44.2 Å². The third-order valence-corrected chi connectivity index (χ3v) is 5.03. The van der Waals surface area contributed by atoms with E-state index < -0.39 is 33.7 Å². The van der Waals surface area contributed by atoms with Crippen molar-refractivity contribution in [2.24, 2.45) is 0 Å². The predicted molar refractivity (Wildman–Crippen MR) is 81.7 cm³/mol. The van der Waals surface area contributed by atoms with Crippen LogP contribution in [-0.2, 0) is 19.6 Å². The van der Waals surface area contributed by atoms with Gasteiger partial charge in [0.2, 0.25) is 15.9 Å². The molecule has 122 valence electrons. The number of carbonyl (C=O) groups excluding carboxylic acids is 1. The minimum Gasteiger partial charge on any atom is -0.479 e. The lowest BCUT2D eigenvalue weighted by Gasteiger charge is -2.19. The highest BCUT2D eigenvalue weighted by Crippen LogP contribution is 2.13. The molecule has 0 bridgehead atoms. The van der Waals surface area contributed by atoms with Gasteiger partial charge in [-0.1, -0.05) is 44.2 Å². The van der Waals surface area contributed by atoms with Crippen LogP contribution in [0.15, 0.2) is 30.3 Å². The van der Waals surface area contributed by atoms with Gasteiger partial charge in [-0.2, -0.15) is 0 Å². The standard InChI is InChI=1S/C14H20N2O5S/c1-3-16(4-2)22(20,21)10-12(17)15-13(14(18)19)11-8-6-5-7-9-11/h5-9,13H,3-4,10H2,1-2H3,(H,15,17)(H,18,19)/t13-/m1/s1. The Labute approximate surface area is 130 Å². The second-order valence-electron chi connectivity index (χ2n) is 4.59. The molecule has 7 nitrogen and oxygen atoms in total. The Bertz CT molecular complexity index is 611. The number of carboxylic acid groups (broad SMARTS) is 1. The molecule has 22 heavy (non-hydrogen) atoms. The van der Waals surface area contributed by atoms with Crippen molar-refractivity contribution in [3.05, 3.63) is 35.9 Å². The third-order valence-electron chi connectivity index (χ3n) is 3.10. The summed E-state index contributed by atoms with van der Waals surface area (Å²) in [5.41, 5.74) is 0.378. The van der Waals surface area contributed by atoms with Crippen molar-refractivity contribution < 1.29 is 23.1 Å². The van der Waals surface area contributed by atoms with E-state index in [1.165, 1.54) is 0 Å². The average molecular weight is 328 g/mol. The van der Waals surface area contributed by atoms with Crippen LogP contribution in [0.1, 0.15) is 25.5 Å². The first kappa shape index (κ1) is 18.1. The summed E-state index contributed by atoms with van der Waals surface area (Å²) in [5, 5.41) is 11.4. The van der Waals surface area contributed by atoms with Crippen LogP contribution >= 0.6 is 0 Å². The van der Waals surface area contributed by atoms with Crippen molar-refractivity contribution in [3.63, 3.8) is 0 Å². The zero-order valence-electron chi connectivity index (χ0n) is 12.5. The number of hydrogen-bond acceptors (Lipinski definition) is 4. The van der Waals surface area contributed by atoms with E-state index in [9.17, 15) is 23.1 Å². The van der Waals surface area contributed by atoms with Crippen molar-refractivity contribution in [3.8, 4) is 0 Å². The number of nitrogens with one attached hydrogen (secondary N) is 1. The summed E-state index contributed by atoms with van der Waals surface area (Å²) in [6, 6.07) is 6.83. The van der Waals surface area contributed by atoms with E-state index in [0.29, 0.717) is 5.56 Å². The first-order valence-electron chi connectivity index (χ1n) is 6.86. The van der Waals surface area contributed by atoms with Crippen LogP contribution in [0.25, 0.3) is 0 Å². The highest BCUT2D eigenvalue weighted by atomic mass is 32.2. The van der Waals surface area contributed by atoms with Crippen LogP contribution in [-0.4, -0.2) is 48.5 Å². The minimum atomic E-state index is -3.75. The number of carboxylic acids is 1. The monoisotopic (exact) mass is 328 g/mol. The van der Waals surface area contributed by atoms with Gasteiger partial charge < -0.3 is 10.4 Å². The minimum absolute atomic E-state index is 0.257. The van der Waals surface area contributed by atoms with Gasteiger partial charge in [0.05, 0.1) is 0 Å². The molecule has 0 saturated carbocycles. The lowest BCUT2D eigenvalue weighted by molar-refractivity contribution is -0.141. The van der Waals surface area contributed by atoms with Crippen molar-refractivity contribution in [2.45, 2.75) is 19.9 Å². The van der Waals surface area contributed by atoms with Crippen LogP contribution in [0.4, 0.5) is 0 Å². The van der Waals surface area contributed by atoms with E-state index in [2.05, 4.69) is 5.32 Å². The zero-order valence-corrected chi connectivity index (χ0v) is 13.3. The number of rotatable bonds is 8. The molecule has 0 saturated heterocycles. The van der Waals surface area contributed by atoms with E-state index in [0.717, 1.165) is 4.31 Å². The predicted octanol–water partition coefficient (Wildman–Crippen LogP) is 0.600. The molecular formula is C14H20N2O5S. The fraction of sp³-hybridized carbons (Fsp3) is 0.429. The molecule has 0 aliphatic rings. The average Bonchev–Trinajstić information content (AvgIpc) is 2.45. The van der Waals surface area contributed by atoms with Gasteiger partial charge in [-0.15, -0.1) is 0 Å². The number of aliphatic carboxylic acids is 1. The van der Waals surface area contributed by atoms with Crippen molar-refractivity contribution >= 4 is 21.9 Å². The summed E-state index contributed by atoms with van der Waals surface area (Å²) in [7, 11) is -3.75. The molecule has 0 unspecified atom stereocenters. The molecule has 1 amide bonds. The molecule has 1 aromatic carbocycles. The van der Waals surface area contributed by atoms with E-state index in [-0.39, 0.29) is 13.1 Å². The number of sulfonamides is 1. The van der Waals surface area contributed by atoms with Crippen molar-refractivity contribution in [1.82, 2.24) is 9.62 Å². The molecule has 2 N–H and O–H groups in total. The maximum Gasteiger partial charge on any atom is 0.330 e. The second-order valence-corrected chi connectivity index (χ2v) is 6.56. The summed E-state index contributed by atoms with van der Waals surface area (Å²) in [4.78, 5) is 23.2. The molecule has 0 radical (unpaired) electrons. The van der Waals surface area contributed by atoms with Gasteiger partial charge in [-0.05, 0) is 5.56 Å². The molecule has 0 fully saturated rings. The first-order valence-corrected chi connectivity index (χ1v) is 8.47. The lowest BCUT2D eigenvalue weighted by Crippen LogP contribution is -2.42. The number of nitrogens with zero attached hydrogens (tertiary/aromatic N) is 1. The van der Waals surface area contributed by atoms with E-state index in [1.807, 2.05) is 0 Å². The van der Waals surface area contributed by atoms with Gasteiger partial charge in [0.15, 0.2) is 6.04 Å².